The molecule has 4 rings (SSSR count). The van der Waals surface area contributed by atoms with Crippen LogP contribution in [0.5, 0.6) is 0 Å². The summed E-state index contributed by atoms with van der Waals surface area (Å²) in [6.07, 6.45) is 5.89. The van der Waals surface area contributed by atoms with Crippen LogP contribution in [0.4, 0.5) is 0 Å². The monoisotopic (exact) mass is 407 g/mol. The van der Waals surface area contributed by atoms with E-state index in [2.05, 4.69) is 42.0 Å². The lowest BCUT2D eigenvalue weighted by Crippen LogP contribution is -2.39. The van der Waals surface area contributed by atoms with E-state index in [1.54, 1.807) is 0 Å². The van der Waals surface area contributed by atoms with Crippen molar-refractivity contribution < 1.29 is 9.67 Å². The van der Waals surface area contributed by atoms with E-state index in [-0.39, 0.29) is 17.8 Å². The molecule has 1 saturated heterocycles. The lowest BCUT2D eigenvalue weighted by molar-refractivity contribution is 0.0993. The largest absolute Gasteiger partial charge is 0.392 e. The molecule has 0 aromatic heterocycles. The lowest BCUT2D eigenvalue weighted by atomic mass is 9.75. The Kier molecular flexibility index (Phi) is 5.19. The number of rotatable bonds is 4. The lowest BCUT2D eigenvalue weighted by Gasteiger charge is -2.38. The van der Waals surface area contributed by atoms with E-state index in [1.165, 1.54) is 0 Å². The van der Waals surface area contributed by atoms with Gasteiger partial charge in [-0.15, -0.1) is 0 Å². The fraction of sp³-hybridized carbons (Fsp3) is 0.360. The molecule has 29 heavy (non-hydrogen) atoms. The van der Waals surface area contributed by atoms with Gasteiger partial charge in [-0.3, -0.25) is 4.57 Å². The van der Waals surface area contributed by atoms with Crippen LogP contribution in [0.2, 0.25) is 0 Å². The summed E-state index contributed by atoms with van der Waals surface area (Å²) in [5, 5.41) is 12.5. The predicted molar refractivity (Wildman–Crippen MR) is 120 cm³/mol. The van der Waals surface area contributed by atoms with Crippen molar-refractivity contribution in [1.82, 2.24) is 4.67 Å². The third-order valence-electron chi connectivity index (χ3n) is 6.80. The fourth-order valence-corrected chi connectivity index (χ4v) is 8.36. The van der Waals surface area contributed by atoms with Crippen molar-refractivity contribution in [2.45, 2.75) is 32.4 Å². The van der Waals surface area contributed by atoms with Gasteiger partial charge >= 0.3 is 0 Å². The van der Waals surface area contributed by atoms with Crippen LogP contribution in [-0.2, 0) is 10.1 Å². The summed E-state index contributed by atoms with van der Waals surface area (Å²) in [5.41, 5.74) is 0.725. The normalized spacial score (nSPS) is 32.8. The summed E-state index contributed by atoms with van der Waals surface area (Å²) in [5.74, 6) is 0.00941. The van der Waals surface area contributed by atoms with Crippen LogP contribution in [-0.4, -0.2) is 22.9 Å². The molecule has 2 aromatic carbocycles. The Balaban J connectivity index is 1.93. The van der Waals surface area contributed by atoms with Gasteiger partial charge in [0.25, 0.3) is 0 Å². The summed E-state index contributed by atoms with van der Waals surface area (Å²) < 4.78 is 16.9. The van der Waals surface area contributed by atoms with Crippen LogP contribution in [0.25, 0.3) is 0 Å². The van der Waals surface area contributed by atoms with E-state index < -0.39 is 18.9 Å². The van der Waals surface area contributed by atoms with Gasteiger partial charge in [-0.2, -0.15) is 0 Å². The molecular formula is C25H30NO2P. The van der Waals surface area contributed by atoms with Gasteiger partial charge in [-0.25, -0.2) is 4.67 Å². The van der Waals surface area contributed by atoms with Crippen molar-refractivity contribution in [3.63, 3.8) is 0 Å². The molecule has 0 spiro atoms. The second-order valence-electron chi connectivity index (χ2n) is 8.71. The van der Waals surface area contributed by atoms with Gasteiger partial charge < -0.3 is 5.11 Å². The molecule has 1 heterocycles. The van der Waals surface area contributed by atoms with E-state index in [0.29, 0.717) is 0 Å². The minimum Gasteiger partial charge on any atom is -0.392 e. The number of benzene rings is 2. The summed E-state index contributed by atoms with van der Waals surface area (Å²) >= 11 is 0. The first-order chi connectivity index (χ1) is 13.8. The highest BCUT2D eigenvalue weighted by Crippen LogP contribution is 2.72. The van der Waals surface area contributed by atoms with Gasteiger partial charge in [0.1, 0.15) is 0 Å². The van der Waals surface area contributed by atoms with Crippen LogP contribution in [0, 0.1) is 17.8 Å². The highest BCUT2D eigenvalue weighted by atomic mass is 31.2. The van der Waals surface area contributed by atoms with Crippen molar-refractivity contribution in [3.8, 4) is 0 Å². The Labute approximate surface area is 174 Å². The second kappa shape index (κ2) is 7.40. The molecule has 1 fully saturated rings. The Morgan fingerprint density at radius 3 is 2.17 bits per heavy atom. The molecule has 0 bridgehead atoms. The van der Waals surface area contributed by atoms with Crippen molar-refractivity contribution in [2.24, 2.45) is 17.8 Å². The van der Waals surface area contributed by atoms with Gasteiger partial charge in [0.15, 0.2) is 0 Å². The first kappa shape index (κ1) is 20.3. The zero-order valence-electron chi connectivity index (χ0n) is 17.6. The smallest absolute Gasteiger partial charge is 0.204 e. The highest BCUT2D eigenvalue weighted by Gasteiger charge is 2.59. The maximum atomic E-state index is 14.8. The van der Waals surface area contributed by atoms with Gasteiger partial charge in [-0.1, -0.05) is 80.6 Å². The van der Waals surface area contributed by atoms with Crippen LogP contribution in [0.1, 0.15) is 26.3 Å². The molecule has 1 aliphatic heterocycles. The number of nitrogens with zero attached hydrogens (tertiary/aromatic N) is 1. The molecule has 1 aliphatic carbocycles. The van der Waals surface area contributed by atoms with Crippen LogP contribution in [0.15, 0.2) is 84.2 Å². The van der Waals surface area contributed by atoms with Gasteiger partial charge in [0.2, 0.25) is 7.29 Å². The Bertz CT molecular complexity index is 982. The molecule has 3 nitrogen and oxygen atoms in total. The Morgan fingerprint density at radius 2 is 1.59 bits per heavy atom. The molecule has 0 radical (unpaired) electrons. The molecule has 1 N–H and O–H groups in total. The number of aliphatic hydroxyl groups excluding tert-OH is 1. The minimum absolute atomic E-state index is 0.00319. The van der Waals surface area contributed by atoms with Crippen molar-refractivity contribution in [1.29, 1.82) is 0 Å². The number of fused-ring (bicyclic) bond motifs is 1. The van der Waals surface area contributed by atoms with Crippen molar-refractivity contribution in [2.75, 3.05) is 7.05 Å². The quantitative estimate of drug-likeness (QED) is 0.563. The zero-order valence-corrected chi connectivity index (χ0v) is 18.5. The van der Waals surface area contributed by atoms with E-state index in [4.69, 9.17) is 0 Å². The maximum Gasteiger partial charge on any atom is 0.204 e. The van der Waals surface area contributed by atoms with E-state index in [1.807, 2.05) is 69.4 Å². The molecule has 1 unspecified atom stereocenters. The highest BCUT2D eigenvalue weighted by molar-refractivity contribution is 7.73. The van der Waals surface area contributed by atoms with Gasteiger partial charge in [-0.05, 0) is 37.6 Å². The Morgan fingerprint density at radius 1 is 1.00 bits per heavy atom. The van der Waals surface area contributed by atoms with Gasteiger partial charge in [0, 0.05) is 22.5 Å². The SMILES string of the molecule is CC(C)[C@@H](O)[C@@H]1C=C[C@H]2C(=C1)P(=O)(c1ccccc1)N(C)[C@]2(C)c1ccccc1. The standard InChI is InChI=1S/C25H30NO2P/c1-18(2)24(27)19-15-16-22-23(17-19)29(28,21-13-9-6-10-14-21)26(4)25(22,3)20-11-7-5-8-12-20/h5-19,22,24,27H,1-4H3/t19-,22+,24-,25-,29?/m1/s1. The Hall–Kier alpha value is -1.93. The fourth-order valence-electron chi connectivity index (χ4n) is 4.88. The van der Waals surface area contributed by atoms with Crippen molar-refractivity contribution >= 4 is 12.6 Å². The predicted octanol–water partition coefficient (Wildman–Crippen LogP) is 5.15. The second-order valence-corrected chi connectivity index (χ2v) is 11.5. The molecule has 2 aromatic rings. The zero-order chi connectivity index (χ0) is 20.8. The maximum absolute atomic E-state index is 14.8. The van der Waals surface area contributed by atoms with E-state index in [9.17, 15) is 9.67 Å². The molecule has 0 saturated carbocycles. The molecular weight excluding hydrogens is 377 g/mol. The number of hydrogen-bond acceptors (Lipinski definition) is 2. The summed E-state index contributed by atoms with van der Waals surface area (Å²) in [6.45, 7) is 6.23. The third kappa shape index (κ3) is 2.99. The average Bonchev–Trinajstić information content (AvgIpc) is 2.94. The molecule has 4 heteroatoms. The molecule has 0 amide bonds. The topological polar surface area (TPSA) is 40.5 Å². The van der Waals surface area contributed by atoms with Crippen LogP contribution < -0.4 is 5.30 Å². The number of aliphatic hydroxyl groups is 1. The first-order valence-electron chi connectivity index (χ1n) is 10.4. The first-order valence-corrected chi connectivity index (χ1v) is 12.0. The molecule has 2 aliphatic rings. The number of hydrogen-bond donors (Lipinski definition) is 1. The summed E-state index contributed by atoms with van der Waals surface area (Å²) in [6, 6.07) is 20.2. The van der Waals surface area contributed by atoms with E-state index in [0.717, 1.165) is 16.2 Å². The summed E-state index contributed by atoms with van der Waals surface area (Å²) in [7, 11) is -1.02. The van der Waals surface area contributed by atoms with Crippen molar-refractivity contribution in [3.05, 3.63) is 89.8 Å². The summed E-state index contributed by atoms with van der Waals surface area (Å²) in [4.78, 5) is 0. The van der Waals surface area contributed by atoms with E-state index >= 15 is 0 Å². The average molecular weight is 407 g/mol. The molecule has 152 valence electrons. The van der Waals surface area contributed by atoms with Crippen LogP contribution in [0.3, 0.4) is 0 Å². The third-order valence-corrected chi connectivity index (χ3v) is 10.2. The van der Waals surface area contributed by atoms with Gasteiger partial charge in [0.05, 0.1) is 11.6 Å². The minimum atomic E-state index is -3.01. The van der Waals surface area contributed by atoms with Crippen LogP contribution >= 0.6 is 7.29 Å². The molecule has 5 atom stereocenters.